The van der Waals surface area contributed by atoms with Crippen molar-refractivity contribution >= 4 is 11.6 Å². The molecule has 2 rings (SSSR count). The van der Waals surface area contributed by atoms with E-state index in [-0.39, 0.29) is 0 Å². The molecule has 2 heterocycles. The van der Waals surface area contributed by atoms with Crippen LogP contribution in [0.15, 0.2) is 18.7 Å². The summed E-state index contributed by atoms with van der Waals surface area (Å²) in [6.07, 6.45) is 5.12. The van der Waals surface area contributed by atoms with Crippen LogP contribution < -0.4 is 0 Å². The number of aryl methyl sites for hydroxylation is 1. The van der Waals surface area contributed by atoms with Crippen molar-refractivity contribution in [3.63, 3.8) is 0 Å². The standard InChI is InChI=1S/C9H10ClN5/c1-7-3-12-8(4-11-7)5-15-6-13-14-9(15)2-10/h3-4,6H,2,5H2,1H3. The summed E-state index contributed by atoms with van der Waals surface area (Å²) >= 11 is 5.71. The molecule has 2 aromatic heterocycles. The Kier molecular flexibility index (Phi) is 2.91. The maximum Gasteiger partial charge on any atom is 0.148 e. The van der Waals surface area contributed by atoms with Crippen molar-refractivity contribution in [1.29, 1.82) is 0 Å². The predicted molar refractivity (Wildman–Crippen MR) is 55.5 cm³/mol. The van der Waals surface area contributed by atoms with Crippen molar-refractivity contribution in [2.45, 2.75) is 19.3 Å². The molecule has 5 nitrogen and oxygen atoms in total. The van der Waals surface area contributed by atoms with Gasteiger partial charge >= 0.3 is 0 Å². The maximum absolute atomic E-state index is 5.71. The third-order valence-electron chi connectivity index (χ3n) is 1.98. The molecule has 0 aliphatic rings. The molecule has 15 heavy (non-hydrogen) atoms. The first-order chi connectivity index (χ1) is 7.29. The SMILES string of the molecule is Cc1cnc(Cn2cnnc2CCl)cn1. The second-order valence-corrected chi connectivity index (χ2v) is 3.43. The minimum absolute atomic E-state index is 0.347. The third kappa shape index (κ3) is 2.30. The van der Waals surface area contributed by atoms with Crippen LogP contribution in [0.25, 0.3) is 0 Å². The van der Waals surface area contributed by atoms with Gasteiger partial charge in [0.15, 0.2) is 0 Å². The van der Waals surface area contributed by atoms with Crippen LogP contribution in [0.1, 0.15) is 17.2 Å². The summed E-state index contributed by atoms with van der Waals surface area (Å²) < 4.78 is 1.85. The van der Waals surface area contributed by atoms with Crippen molar-refractivity contribution in [2.24, 2.45) is 0 Å². The molecule has 0 saturated carbocycles. The van der Waals surface area contributed by atoms with E-state index in [1.807, 2.05) is 11.5 Å². The number of hydrogen-bond acceptors (Lipinski definition) is 4. The fraction of sp³-hybridized carbons (Fsp3) is 0.333. The lowest BCUT2D eigenvalue weighted by atomic mass is 10.4. The van der Waals surface area contributed by atoms with E-state index in [1.165, 1.54) is 0 Å². The number of rotatable bonds is 3. The molecule has 0 aliphatic heterocycles. The molecule has 0 aliphatic carbocycles. The zero-order chi connectivity index (χ0) is 10.7. The monoisotopic (exact) mass is 223 g/mol. The summed E-state index contributed by atoms with van der Waals surface area (Å²) in [4.78, 5) is 8.41. The van der Waals surface area contributed by atoms with Crippen molar-refractivity contribution in [2.75, 3.05) is 0 Å². The molecule has 2 aromatic rings. The van der Waals surface area contributed by atoms with Crippen LogP contribution in [0, 0.1) is 6.92 Å². The summed E-state index contributed by atoms with van der Waals surface area (Å²) in [5, 5.41) is 7.67. The van der Waals surface area contributed by atoms with E-state index in [0.717, 1.165) is 17.2 Å². The molecule has 0 spiro atoms. The van der Waals surface area contributed by atoms with Gasteiger partial charge in [-0.25, -0.2) is 0 Å². The Hall–Kier alpha value is -1.49. The van der Waals surface area contributed by atoms with Crippen LogP contribution in [0.5, 0.6) is 0 Å². The number of nitrogens with zero attached hydrogens (tertiary/aromatic N) is 5. The highest BCUT2D eigenvalue weighted by Gasteiger charge is 2.03. The van der Waals surface area contributed by atoms with E-state index in [4.69, 9.17) is 11.6 Å². The van der Waals surface area contributed by atoms with Crippen LogP contribution in [-0.2, 0) is 12.4 Å². The number of halogens is 1. The van der Waals surface area contributed by atoms with E-state index < -0.39 is 0 Å². The van der Waals surface area contributed by atoms with Gasteiger partial charge in [0.2, 0.25) is 0 Å². The zero-order valence-electron chi connectivity index (χ0n) is 8.26. The van der Waals surface area contributed by atoms with E-state index >= 15 is 0 Å². The molecule has 0 amide bonds. The van der Waals surface area contributed by atoms with E-state index in [9.17, 15) is 0 Å². The molecule has 0 fully saturated rings. The highest BCUT2D eigenvalue weighted by molar-refractivity contribution is 6.16. The summed E-state index contributed by atoms with van der Waals surface area (Å²) in [5.41, 5.74) is 1.77. The van der Waals surface area contributed by atoms with E-state index in [2.05, 4.69) is 20.2 Å². The van der Waals surface area contributed by atoms with Gasteiger partial charge in [-0.15, -0.1) is 21.8 Å². The summed E-state index contributed by atoms with van der Waals surface area (Å²) in [6.45, 7) is 2.50. The summed E-state index contributed by atoms with van der Waals surface area (Å²) in [7, 11) is 0. The van der Waals surface area contributed by atoms with Gasteiger partial charge in [-0.05, 0) is 6.92 Å². The average molecular weight is 224 g/mol. The second-order valence-electron chi connectivity index (χ2n) is 3.16. The first-order valence-electron chi connectivity index (χ1n) is 4.50. The van der Waals surface area contributed by atoms with Crippen molar-refractivity contribution < 1.29 is 0 Å². The van der Waals surface area contributed by atoms with Gasteiger partial charge in [0, 0.05) is 6.20 Å². The minimum atomic E-state index is 0.347. The Morgan fingerprint density at radius 2 is 2.20 bits per heavy atom. The Morgan fingerprint density at radius 1 is 1.33 bits per heavy atom. The molecule has 0 atom stereocenters. The van der Waals surface area contributed by atoms with Crippen molar-refractivity contribution in [3.8, 4) is 0 Å². The Labute approximate surface area is 92.2 Å². The van der Waals surface area contributed by atoms with Gasteiger partial charge < -0.3 is 4.57 Å². The Bertz CT molecular complexity index is 436. The lowest BCUT2D eigenvalue weighted by Crippen LogP contribution is -2.05. The third-order valence-corrected chi connectivity index (χ3v) is 2.22. The summed E-state index contributed by atoms with van der Waals surface area (Å²) in [6, 6.07) is 0. The normalized spacial score (nSPS) is 10.5. The van der Waals surface area contributed by atoms with Crippen LogP contribution in [0.2, 0.25) is 0 Å². The highest BCUT2D eigenvalue weighted by Crippen LogP contribution is 2.03. The average Bonchev–Trinajstić information content (AvgIpc) is 2.69. The molecule has 0 saturated heterocycles. The Balaban J connectivity index is 2.18. The zero-order valence-corrected chi connectivity index (χ0v) is 9.02. The molecule has 0 bridgehead atoms. The fourth-order valence-electron chi connectivity index (χ4n) is 1.19. The number of hydrogen-bond donors (Lipinski definition) is 0. The van der Waals surface area contributed by atoms with Gasteiger partial charge in [-0.1, -0.05) is 0 Å². The van der Waals surface area contributed by atoms with E-state index in [1.54, 1.807) is 18.7 Å². The molecule has 0 radical (unpaired) electrons. The molecule has 0 unspecified atom stereocenters. The first kappa shape index (κ1) is 10.0. The van der Waals surface area contributed by atoms with E-state index in [0.29, 0.717) is 12.4 Å². The molecule has 78 valence electrons. The molecular formula is C9H10ClN5. The van der Waals surface area contributed by atoms with Crippen molar-refractivity contribution in [1.82, 2.24) is 24.7 Å². The predicted octanol–water partition coefficient (Wildman–Crippen LogP) is 1.16. The second kappa shape index (κ2) is 4.35. The maximum atomic E-state index is 5.71. The molecule has 0 aromatic carbocycles. The fourth-order valence-corrected chi connectivity index (χ4v) is 1.40. The van der Waals surface area contributed by atoms with Gasteiger partial charge in [-0.3, -0.25) is 9.97 Å². The number of aromatic nitrogens is 5. The van der Waals surface area contributed by atoms with Crippen LogP contribution >= 0.6 is 11.6 Å². The highest BCUT2D eigenvalue weighted by atomic mass is 35.5. The minimum Gasteiger partial charge on any atom is -0.310 e. The lowest BCUT2D eigenvalue weighted by molar-refractivity contribution is 0.730. The topological polar surface area (TPSA) is 56.5 Å². The first-order valence-corrected chi connectivity index (χ1v) is 5.03. The smallest absolute Gasteiger partial charge is 0.148 e. The van der Waals surface area contributed by atoms with Gasteiger partial charge in [0.25, 0.3) is 0 Å². The van der Waals surface area contributed by atoms with Gasteiger partial charge in [0.1, 0.15) is 12.2 Å². The molecule has 0 N–H and O–H groups in total. The Morgan fingerprint density at radius 3 is 2.87 bits per heavy atom. The van der Waals surface area contributed by atoms with Crippen LogP contribution in [0.3, 0.4) is 0 Å². The quantitative estimate of drug-likeness (QED) is 0.733. The lowest BCUT2D eigenvalue weighted by Gasteiger charge is -2.03. The van der Waals surface area contributed by atoms with Crippen LogP contribution in [-0.4, -0.2) is 24.7 Å². The largest absolute Gasteiger partial charge is 0.310 e. The summed E-state index contributed by atoms with van der Waals surface area (Å²) in [5.74, 6) is 1.08. The molecule has 6 heteroatoms. The molecular weight excluding hydrogens is 214 g/mol. The van der Waals surface area contributed by atoms with Gasteiger partial charge in [-0.2, -0.15) is 0 Å². The number of alkyl halides is 1. The van der Waals surface area contributed by atoms with Crippen LogP contribution in [0.4, 0.5) is 0 Å². The van der Waals surface area contributed by atoms with Gasteiger partial charge in [0.05, 0.1) is 30.0 Å². The van der Waals surface area contributed by atoms with Crippen molar-refractivity contribution in [3.05, 3.63) is 35.9 Å².